The Labute approximate surface area is 127 Å². The van der Waals surface area contributed by atoms with Crippen molar-refractivity contribution < 1.29 is 27.7 Å². The first-order chi connectivity index (χ1) is 10.2. The van der Waals surface area contributed by atoms with Gasteiger partial charge in [-0.15, -0.1) is 0 Å². The van der Waals surface area contributed by atoms with Crippen molar-refractivity contribution in [2.45, 2.75) is 26.7 Å². The van der Waals surface area contributed by atoms with Crippen molar-refractivity contribution >= 4 is 0 Å². The molecule has 0 saturated heterocycles. The molecule has 0 rings (SSSR count). The number of halogens is 2. The van der Waals surface area contributed by atoms with Crippen LogP contribution in [0.15, 0.2) is 0 Å². The lowest BCUT2D eigenvalue weighted by Crippen LogP contribution is -2.42. The van der Waals surface area contributed by atoms with Crippen LogP contribution in [-0.2, 0) is 18.9 Å². The average molecular weight is 312 g/mol. The summed E-state index contributed by atoms with van der Waals surface area (Å²) in [6.07, 6.45) is 1.81. The van der Waals surface area contributed by atoms with Gasteiger partial charge in [-0.05, 0) is 12.8 Å². The summed E-state index contributed by atoms with van der Waals surface area (Å²) in [7, 11) is 0. The average Bonchev–Trinajstić information content (AvgIpc) is 2.48. The van der Waals surface area contributed by atoms with E-state index in [-0.39, 0.29) is 26.4 Å². The van der Waals surface area contributed by atoms with E-state index in [2.05, 4.69) is 0 Å². The molecule has 0 spiro atoms. The van der Waals surface area contributed by atoms with Crippen LogP contribution in [0, 0.1) is 5.41 Å². The highest BCUT2D eigenvalue weighted by Crippen LogP contribution is 2.21. The van der Waals surface area contributed by atoms with Crippen LogP contribution in [-0.4, -0.2) is 66.2 Å². The number of alkyl halides is 2. The molecule has 0 amide bonds. The molecular formula is C15H30F2O4. The van der Waals surface area contributed by atoms with Crippen LogP contribution in [0.5, 0.6) is 0 Å². The minimum Gasteiger partial charge on any atom is -0.381 e. The third-order valence-electron chi connectivity index (χ3n) is 2.77. The Balaban J connectivity index is 4.52. The van der Waals surface area contributed by atoms with Crippen molar-refractivity contribution in [3.63, 3.8) is 0 Å². The summed E-state index contributed by atoms with van der Waals surface area (Å²) < 4.78 is 46.3. The third-order valence-corrected chi connectivity index (χ3v) is 2.77. The van der Waals surface area contributed by atoms with Gasteiger partial charge in [0.05, 0.1) is 45.1 Å². The van der Waals surface area contributed by atoms with Gasteiger partial charge in [-0.25, -0.2) is 8.78 Å². The first-order valence-electron chi connectivity index (χ1n) is 7.67. The molecule has 0 aromatic rings. The summed E-state index contributed by atoms with van der Waals surface area (Å²) in [4.78, 5) is 0. The Hall–Kier alpha value is -0.300. The summed E-state index contributed by atoms with van der Waals surface area (Å²) in [6.45, 7) is 5.63. The Morgan fingerprint density at radius 3 is 1.24 bits per heavy atom. The molecule has 4 nitrogen and oxygen atoms in total. The van der Waals surface area contributed by atoms with Crippen molar-refractivity contribution in [1.82, 2.24) is 0 Å². The van der Waals surface area contributed by atoms with Gasteiger partial charge in [-0.1, -0.05) is 13.8 Å². The topological polar surface area (TPSA) is 36.9 Å². The maximum atomic E-state index is 12.2. The van der Waals surface area contributed by atoms with Crippen LogP contribution in [0.1, 0.15) is 26.7 Å². The number of hydrogen-bond acceptors (Lipinski definition) is 4. The fourth-order valence-corrected chi connectivity index (χ4v) is 1.80. The largest absolute Gasteiger partial charge is 0.381 e. The van der Waals surface area contributed by atoms with Crippen LogP contribution in [0.2, 0.25) is 0 Å². The number of hydrogen-bond donors (Lipinski definition) is 0. The van der Waals surface area contributed by atoms with E-state index in [4.69, 9.17) is 18.9 Å². The molecule has 0 fully saturated rings. The van der Waals surface area contributed by atoms with Crippen molar-refractivity contribution in [2.75, 3.05) is 66.2 Å². The van der Waals surface area contributed by atoms with Crippen molar-refractivity contribution in [1.29, 1.82) is 0 Å². The van der Waals surface area contributed by atoms with Gasteiger partial charge in [0.1, 0.15) is 13.3 Å². The van der Waals surface area contributed by atoms with E-state index in [0.717, 1.165) is 12.8 Å². The van der Waals surface area contributed by atoms with Crippen LogP contribution in [0.3, 0.4) is 0 Å². The molecule has 0 N–H and O–H groups in total. The lowest BCUT2D eigenvalue weighted by atomic mass is 9.92. The third kappa shape index (κ3) is 11.0. The standard InChI is InChI=1S/C15H30F2O4/c1-3-7-18-11-15(12-19-8-4-2,13-20-9-5-16)14-21-10-6-17/h3-14H2,1-2H3. The minimum absolute atomic E-state index is 0.0341. The molecule has 0 aliphatic carbocycles. The quantitative estimate of drug-likeness (QED) is 0.411. The molecule has 0 bridgehead atoms. The minimum atomic E-state index is -0.535. The van der Waals surface area contributed by atoms with Crippen LogP contribution in [0.25, 0.3) is 0 Å². The molecule has 0 aliphatic heterocycles. The molecule has 21 heavy (non-hydrogen) atoms. The fourth-order valence-electron chi connectivity index (χ4n) is 1.80. The Bertz CT molecular complexity index is 172. The second-order valence-electron chi connectivity index (χ2n) is 5.09. The molecule has 0 aliphatic rings. The zero-order valence-electron chi connectivity index (χ0n) is 13.4. The molecule has 0 atom stereocenters. The highest BCUT2D eigenvalue weighted by Gasteiger charge is 2.32. The molecule has 0 aromatic heterocycles. The van der Waals surface area contributed by atoms with Crippen molar-refractivity contribution in [3.05, 3.63) is 0 Å². The molecule has 0 radical (unpaired) electrons. The lowest BCUT2D eigenvalue weighted by Gasteiger charge is -2.32. The molecule has 0 heterocycles. The Kier molecular flexibility index (Phi) is 14.4. The highest BCUT2D eigenvalue weighted by molar-refractivity contribution is 4.79. The fraction of sp³-hybridized carbons (Fsp3) is 1.00. The lowest BCUT2D eigenvalue weighted by molar-refractivity contribution is -0.108. The van der Waals surface area contributed by atoms with Gasteiger partial charge in [0, 0.05) is 13.2 Å². The number of ether oxygens (including phenoxy) is 4. The first-order valence-corrected chi connectivity index (χ1v) is 7.67. The summed E-state index contributed by atoms with van der Waals surface area (Å²) in [5.74, 6) is 0. The van der Waals surface area contributed by atoms with E-state index >= 15 is 0 Å². The van der Waals surface area contributed by atoms with Gasteiger partial charge in [0.2, 0.25) is 0 Å². The Morgan fingerprint density at radius 2 is 0.952 bits per heavy atom. The van der Waals surface area contributed by atoms with E-state index in [1.54, 1.807) is 0 Å². The normalized spacial score (nSPS) is 12.0. The summed E-state index contributed by atoms with van der Waals surface area (Å²) >= 11 is 0. The molecular weight excluding hydrogens is 282 g/mol. The summed E-state index contributed by atoms with van der Waals surface area (Å²) in [5.41, 5.74) is -0.519. The van der Waals surface area contributed by atoms with Gasteiger partial charge >= 0.3 is 0 Å². The second-order valence-corrected chi connectivity index (χ2v) is 5.09. The zero-order chi connectivity index (χ0) is 15.8. The highest BCUT2D eigenvalue weighted by atomic mass is 19.1. The van der Waals surface area contributed by atoms with E-state index in [1.807, 2.05) is 13.8 Å². The predicted molar refractivity (Wildman–Crippen MR) is 78.2 cm³/mol. The van der Waals surface area contributed by atoms with Gasteiger partial charge in [-0.3, -0.25) is 0 Å². The molecule has 0 aromatic carbocycles. The monoisotopic (exact) mass is 312 g/mol. The van der Waals surface area contributed by atoms with Crippen LogP contribution < -0.4 is 0 Å². The number of rotatable bonds is 16. The molecule has 0 saturated carbocycles. The van der Waals surface area contributed by atoms with Crippen LogP contribution >= 0.6 is 0 Å². The van der Waals surface area contributed by atoms with E-state index in [1.165, 1.54) is 0 Å². The molecule has 128 valence electrons. The van der Waals surface area contributed by atoms with Gasteiger partial charge < -0.3 is 18.9 Å². The smallest absolute Gasteiger partial charge is 0.113 e. The van der Waals surface area contributed by atoms with Gasteiger partial charge in [0.15, 0.2) is 0 Å². The van der Waals surface area contributed by atoms with E-state index < -0.39 is 18.8 Å². The summed E-state index contributed by atoms with van der Waals surface area (Å²) in [6, 6.07) is 0. The second kappa shape index (κ2) is 14.6. The van der Waals surface area contributed by atoms with Crippen LogP contribution in [0.4, 0.5) is 8.78 Å². The van der Waals surface area contributed by atoms with Crippen molar-refractivity contribution in [3.8, 4) is 0 Å². The maximum absolute atomic E-state index is 12.2. The molecule has 0 unspecified atom stereocenters. The van der Waals surface area contributed by atoms with E-state index in [0.29, 0.717) is 26.4 Å². The van der Waals surface area contributed by atoms with Gasteiger partial charge in [-0.2, -0.15) is 0 Å². The Morgan fingerprint density at radius 1 is 0.619 bits per heavy atom. The van der Waals surface area contributed by atoms with Gasteiger partial charge in [0.25, 0.3) is 0 Å². The maximum Gasteiger partial charge on any atom is 0.113 e. The predicted octanol–water partition coefficient (Wildman–Crippen LogP) is 2.80. The van der Waals surface area contributed by atoms with Crippen molar-refractivity contribution in [2.24, 2.45) is 5.41 Å². The SMILES string of the molecule is CCCOCC(COCCC)(COCCF)COCCF. The summed E-state index contributed by atoms with van der Waals surface area (Å²) in [5, 5.41) is 0. The zero-order valence-corrected chi connectivity index (χ0v) is 13.4. The van der Waals surface area contributed by atoms with E-state index in [9.17, 15) is 8.78 Å². The molecule has 6 heteroatoms. The first kappa shape index (κ1) is 20.7.